The first-order valence-electron chi connectivity index (χ1n) is 12.0. The first kappa shape index (κ1) is 21.6. The SMILES string of the molecule is O=C(NCCN1CCc2ccccc2C1)c1ccc(-c2nccnc2N2CCCCC2)cc1. The predicted molar refractivity (Wildman–Crippen MR) is 131 cm³/mol. The number of benzene rings is 2. The van der Waals surface area contributed by atoms with Crippen LogP contribution in [0, 0.1) is 0 Å². The maximum Gasteiger partial charge on any atom is 0.251 e. The van der Waals surface area contributed by atoms with Crippen LogP contribution in [-0.2, 0) is 13.0 Å². The average molecular weight is 442 g/mol. The van der Waals surface area contributed by atoms with E-state index in [1.54, 1.807) is 12.4 Å². The first-order chi connectivity index (χ1) is 16.3. The Kier molecular flexibility index (Phi) is 6.63. The molecule has 1 aromatic heterocycles. The first-order valence-corrected chi connectivity index (χ1v) is 12.0. The molecular weight excluding hydrogens is 410 g/mol. The van der Waals surface area contributed by atoms with Crippen molar-refractivity contribution in [1.29, 1.82) is 0 Å². The minimum atomic E-state index is -0.0330. The number of aromatic nitrogens is 2. The number of piperidine rings is 1. The topological polar surface area (TPSA) is 61.4 Å². The lowest BCUT2D eigenvalue weighted by molar-refractivity contribution is 0.0947. The van der Waals surface area contributed by atoms with Gasteiger partial charge in [-0.3, -0.25) is 14.7 Å². The van der Waals surface area contributed by atoms with Crippen LogP contribution in [0.2, 0.25) is 0 Å². The molecule has 6 nitrogen and oxygen atoms in total. The number of fused-ring (bicyclic) bond motifs is 1. The highest BCUT2D eigenvalue weighted by atomic mass is 16.1. The summed E-state index contributed by atoms with van der Waals surface area (Å²) in [4.78, 5) is 26.6. The molecule has 5 rings (SSSR count). The maximum atomic E-state index is 12.7. The lowest BCUT2D eigenvalue weighted by atomic mass is 10.00. The fourth-order valence-corrected chi connectivity index (χ4v) is 4.83. The van der Waals surface area contributed by atoms with Gasteiger partial charge in [-0.15, -0.1) is 0 Å². The number of amides is 1. The Hall–Kier alpha value is -3.25. The minimum Gasteiger partial charge on any atom is -0.355 e. The van der Waals surface area contributed by atoms with Crippen LogP contribution in [-0.4, -0.2) is 53.5 Å². The van der Waals surface area contributed by atoms with E-state index in [2.05, 4.69) is 49.4 Å². The summed E-state index contributed by atoms with van der Waals surface area (Å²) in [6, 6.07) is 16.4. The van der Waals surface area contributed by atoms with E-state index in [-0.39, 0.29) is 5.91 Å². The summed E-state index contributed by atoms with van der Waals surface area (Å²) >= 11 is 0. The van der Waals surface area contributed by atoms with Gasteiger partial charge in [-0.1, -0.05) is 36.4 Å². The monoisotopic (exact) mass is 441 g/mol. The smallest absolute Gasteiger partial charge is 0.251 e. The zero-order valence-electron chi connectivity index (χ0n) is 19.0. The second-order valence-corrected chi connectivity index (χ2v) is 8.90. The number of carbonyl (C=O) groups excluding carboxylic acids is 1. The summed E-state index contributed by atoms with van der Waals surface area (Å²) in [7, 11) is 0. The molecule has 0 spiro atoms. The summed E-state index contributed by atoms with van der Waals surface area (Å²) in [5, 5.41) is 3.08. The Morgan fingerprint density at radius 1 is 0.879 bits per heavy atom. The highest BCUT2D eigenvalue weighted by Gasteiger charge is 2.18. The van der Waals surface area contributed by atoms with Gasteiger partial charge in [0, 0.05) is 62.8 Å². The summed E-state index contributed by atoms with van der Waals surface area (Å²) in [6.07, 6.45) is 8.24. The van der Waals surface area contributed by atoms with Gasteiger partial charge in [0.05, 0.1) is 0 Å². The third kappa shape index (κ3) is 5.06. The van der Waals surface area contributed by atoms with Crippen molar-refractivity contribution in [3.05, 3.63) is 77.6 Å². The van der Waals surface area contributed by atoms with Crippen LogP contribution in [0.1, 0.15) is 40.7 Å². The van der Waals surface area contributed by atoms with Gasteiger partial charge in [-0.25, -0.2) is 4.98 Å². The van der Waals surface area contributed by atoms with Crippen molar-refractivity contribution in [3.8, 4) is 11.3 Å². The minimum absolute atomic E-state index is 0.0330. The molecule has 2 aliphatic rings. The molecule has 1 saturated heterocycles. The normalized spacial score (nSPS) is 16.3. The fourth-order valence-electron chi connectivity index (χ4n) is 4.83. The molecule has 1 fully saturated rings. The van der Waals surface area contributed by atoms with Gasteiger partial charge >= 0.3 is 0 Å². The number of hydrogen-bond donors (Lipinski definition) is 1. The Balaban J connectivity index is 1.18. The average Bonchev–Trinajstić information content (AvgIpc) is 2.89. The highest BCUT2D eigenvalue weighted by molar-refractivity contribution is 5.94. The van der Waals surface area contributed by atoms with Gasteiger partial charge < -0.3 is 10.2 Å². The molecule has 2 aliphatic heterocycles. The van der Waals surface area contributed by atoms with Crippen molar-refractivity contribution in [2.45, 2.75) is 32.2 Å². The van der Waals surface area contributed by atoms with Gasteiger partial charge in [0.2, 0.25) is 0 Å². The molecule has 170 valence electrons. The number of anilines is 1. The van der Waals surface area contributed by atoms with E-state index < -0.39 is 0 Å². The van der Waals surface area contributed by atoms with Crippen LogP contribution < -0.4 is 10.2 Å². The lowest BCUT2D eigenvalue weighted by Crippen LogP contribution is -2.37. The zero-order chi connectivity index (χ0) is 22.5. The second kappa shape index (κ2) is 10.1. The van der Waals surface area contributed by atoms with Crippen LogP contribution in [0.15, 0.2) is 60.9 Å². The Bertz CT molecular complexity index is 1090. The van der Waals surface area contributed by atoms with Gasteiger partial charge in [0.15, 0.2) is 5.82 Å². The van der Waals surface area contributed by atoms with Crippen molar-refractivity contribution < 1.29 is 4.79 Å². The van der Waals surface area contributed by atoms with Crippen LogP contribution in [0.5, 0.6) is 0 Å². The molecule has 0 bridgehead atoms. The fraction of sp³-hybridized carbons (Fsp3) is 0.370. The molecule has 0 saturated carbocycles. The molecule has 0 radical (unpaired) electrons. The highest BCUT2D eigenvalue weighted by Crippen LogP contribution is 2.28. The Labute approximate surface area is 195 Å². The molecule has 3 aromatic rings. The molecule has 1 amide bonds. The van der Waals surface area contributed by atoms with Gasteiger partial charge in [-0.2, -0.15) is 0 Å². The molecule has 6 heteroatoms. The molecule has 1 N–H and O–H groups in total. The second-order valence-electron chi connectivity index (χ2n) is 8.90. The summed E-state index contributed by atoms with van der Waals surface area (Å²) in [6.45, 7) is 5.55. The van der Waals surface area contributed by atoms with Crippen molar-refractivity contribution in [1.82, 2.24) is 20.2 Å². The van der Waals surface area contributed by atoms with E-state index in [0.717, 1.165) is 56.2 Å². The van der Waals surface area contributed by atoms with Crippen LogP contribution >= 0.6 is 0 Å². The Morgan fingerprint density at radius 2 is 1.64 bits per heavy atom. The maximum absolute atomic E-state index is 12.7. The van der Waals surface area contributed by atoms with Gasteiger partial charge in [-0.05, 0) is 48.9 Å². The van der Waals surface area contributed by atoms with Crippen molar-refractivity contribution in [2.75, 3.05) is 37.6 Å². The Morgan fingerprint density at radius 3 is 2.45 bits per heavy atom. The molecule has 33 heavy (non-hydrogen) atoms. The van der Waals surface area contributed by atoms with E-state index in [1.807, 2.05) is 24.3 Å². The van der Waals surface area contributed by atoms with E-state index >= 15 is 0 Å². The molecular formula is C27H31N5O. The quantitative estimate of drug-likeness (QED) is 0.628. The number of nitrogens with one attached hydrogen (secondary N) is 1. The van der Waals surface area contributed by atoms with Crippen LogP contribution in [0.25, 0.3) is 11.3 Å². The van der Waals surface area contributed by atoms with E-state index in [9.17, 15) is 4.79 Å². The summed E-state index contributed by atoms with van der Waals surface area (Å²) in [5.41, 5.74) is 5.40. The van der Waals surface area contributed by atoms with Crippen LogP contribution in [0.3, 0.4) is 0 Å². The van der Waals surface area contributed by atoms with Crippen molar-refractivity contribution in [3.63, 3.8) is 0 Å². The number of rotatable bonds is 6. The van der Waals surface area contributed by atoms with Crippen molar-refractivity contribution in [2.24, 2.45) is 0 Å². The lowest BCUT2D eigenvalue weighted by Gasteiger charge is -2.29. The molecule has 2 aromatic carbocycles. The molecule has 0 atom stereocenters. The third-order valence-electron chi connectivity index (χ3n) is 6.68. The summed E-state index contributed by atoms with van der Waals surface area (Å²) < 4.78 is 0. The largest absolute Gasteiger partial charge is 0.355 e. The summed E-state index contributed by atoms with van der Waals surface area (Å²) in [5.74, 6) is 0.909. The van der Waals surface area contributed by atoms with Gasteiger partial charge in [0.25, 0.3) is 5.91 Å². The number of hydrogen-bond acceptors (Lipinski definition) is 5. The number of nitrogens with zero attached hydrogens (tertiary/aromatic N) is 4. The van der Waals surface area contributed by atoms with E-state index in [4.69, 9.17) is 0 Å². The third-order valence-corrected chi connectivity index (χ3v) is 6.68. The molecule has 0 unspecified atom stereocenters. The van der Waals surface area contributed by atoms with E-state index in [1.165, 1.54) is 30.4 Å². The standard InChI is InChI=1S/C27H31N5O/c33-27(30-15-19-31-18-12-21-6-2-3-7-24(21)20-31)23-10-8-22(9-11-23)25-26(29-14-13-28-25)32-16-4-1-5-17-32/h2-3,6-11,13-14H,1,4-5,12,15-20H2,(H,30,33). The predicted octanol–water partition coefficient (Wildman–Crippen LogP) is 3.92. The molecule has 0 aliphatic carbocycles. The van der Waals surface area contributed by atoms with Crippen LogP contribution in [0.4, 0.5) is 5.82 Å². The molecule has 3 heterocycles. The van der Waals surface area contributed by atoms with Crippen molar-refractivity contribution >= 4 is 11.7 Å². The van der Waals surface area contributed by atoms with Gasteiger partial charge in [0.1, 0.15) is 5.69 Å². The van der Waals surface area contributed by atoms with E-state index in [0.29, 0.717) is 12.1 Å². The number of carbonyl (C=O) groups is 1. The zero-order valence-corrected chi connectivity index (χ0v) is 19.0.